The summed E-state index contributed by atoms with van der Waals surface area (Å²) in [4.78, 5) is 14.8. The Morgan fingerprint density at radius 2 is 1.97 bits per heavy atom. The molecule has 8 heteroatoms. The number of rotatable bonds is 7. The Balaban J connectivity index is 1.25. The third kappa shape index (κ3) is 6.32. The Kier molecular flexibility index (Phi) is 7.27. The van der Waals surface area contributed by atoms with Gasteiger partial charge in [0.1, 0.15) is 0 Å². The van der Waals surface area contributed by atoms with Gasteiger partial charge in [0.05, 0.1) is 5.75 Å². The number of amides is 1. The highest BCUT2D eigenvalue weighted by molar-refractivity contribution is 7.99. The van der Waals surface area contributed by atoms with Crippen LogP contribution in [-0.4, -0.2) is 39.8 Å². The van der Waals surface area contributed by atoms with E-state index < -0.39 is 0 Å². The molecule has 162 valence electrons. The highest BCUT2D eigenvalue weighted by Gasteiger charge is 2.16. The van der Waals surface area contributed by atoms with Crippen LogP contribution in [0.2, 0.25) is 5.02 Å². The summed E-state index contributed by atoms with van der Waals surface area (Å²) in [7, 11) is 0. The topological polar surface area (TPSA) is 71.3 Å². The lowest BCUT2D eigenvalue weighted by Crippen LogP contribution is -2.33. The van der Waals surface area contributed by atoms with E-state index in [9.17, 15) is 4.79 Å². The second kappa shape index (κ2) is 10.3. The van der Waals surface area contributed by atoms with Gasteiger partial charge in [-0.2, -0.15) is 0 Å². The monoisotopic (exact) mass is 456 g/mol. The molecule has 0 aliphatic carbocycles. The Morgan fingerprint density at radius 3 is 2.71 bits per heavy atom. The molecule has 1 N–H and O–H groups in total. The minimum absolute atomic E-state index is 0.117. The van der Waals surface area contributed by atoms with Crippen molar-refractivity contribution >= 4 is 35.0 Å². The third-order valence-electron chi connectivity index (χ3n) is 5.21. The first-order chi connectivity index (χ1) is 15.0. The van der Waals surface area contributed by atoms with Crippen LogP contribution in [0.15, 0.2) is 58.2 Å². The first-order valence-corrected chi connectivity index (χ1v) is 11.7. The van der Waals surface area contributed by atoms with Gasteiger partial charge in [-0.1, -0.05) is 42.4 Å². The molecule has 1 aliphatic rings. The molecular weight excluding hydrogens is 432 g/mol. The number of nitrogens with one attached hydrogen (secondary N) is 1. The van der Waals surface area contributed by atoms with Gasteiger partial charge in [-0.3, -0.25) is 9.69 Å². The molecule has 1 saturated heterocycles. The zero-order valence-corrected chi connectivity index (χ0v) is 19.0. The normalized spacial score (nSPS) is 16.9. The highest BCUT2D eigenvalue weighted by Crippen LogP contribution is 2.24. The summed E-state index contributed by atoms with van der Waals surface area (Å²) in [6.45, 7) is 5.59. The molecule has 2 aromatic carbocycles. The van der Waals surface area contributed by atoms with Crippen LogP contribution >= 0.6 is 23.4 Å². The fraction of sp³-hybridized carbons (Fsp3) is 0.348. The van der Waals surface area contributed by atoms with E-state index in [0.29, 0.717) is 16.1 Å². The molecule has 4 rings (SSSR count). The number of hydrogen-bond acceptors (Lipinski definition) is 6. The van der Waals surface area contributed by atoms with Crippen molar-refractivity contribution in [1.29, 1.82) is 0 Å². The minimum atomic E-state index is -0.117. The molecule has 1 atom stereocenters. The maximum Gasteiger partial charge on any atom is 0.277 e. The SMILES string of the molecule is CC1CCCN(Cc2ccc(NC(=O)CSc3nnc(-c4ccc(Cl)cc4)o3)cc2)C1. The molecule has 0 saturated carbocycles. The number of carbonyl (C=O) groups excluding carboxylic acids is 1. The van der Waals surface area contributed by atoms with Crippen LogP contribution in [0.1, 0.15) is 25.3 Å². The molecule has 0 radical (unpaired) electrons. The molecule has 0 bridgehead atoms. The number of halogens is 1. The van der Waals surface area contributed by atoms with Gasteiger partial charge in [0.15, 0.2) is 0 Å². The number of piperidine rings is 1. The highest BCUT2D eigenvalue weighted by atomic mass is 35.5. The molecule has 0 spiro atoms. The van der Waals surface area contributed by atoms with Crippen LogP contribution in [0, 0.1) is 5.92 Å². The average Bonchev–Trinajstić information content (AvgIpc) is 3.23. The van der Waals surface area contributed by atoms with Crippen LogP contribution in [0.5, 0.6) is 0 Å². The van der Waals surface area contributed by atoms with E-state index >= 15 is 0 Å². The number of thioether (sulfide) groups is 1. The van der Waals surface area contributed by atoms with Crippen molar-refractivity contribution in [3.63, 3.8) is 0 Å². The van der Waals surface area contributed by atoms with Crippen LogP contribution in [0.25, 0.3) is 11.5 Å². The zero-order chi connectivity index (χ0) is 21.6. The number of anilines is 1. The van der Waals surface area contributed by atoms with Crippen molar-refractivity contribution in [2.24, 2.45) is 5.92 Å². The Morgan fingerprint density at radius 1 is 1.19 bits per heavy atom. The van der Waals surface area contributed by atoms with Crippen LogP contribution < -0.4 is 5.32 Å². The lowest BCUT2D eigenvalue weighted by Gasteiger charge is -2.30. The number of aromatic nitrogens is 2. The predicted octanol–water partition coefficient (Wildman–Crippen LogP) is 5.35. The van der Waals surface area contributed by atoms with Crippen LogP contribution in [0.3, 0.4) is 0 Å². The summed E-state index contributed by atoms with van der Waals surface area (Å²) in [6, 6.07) is 15.2. The minimum Gasteiger partial charge on any atom is -0.411 e. The zero-order valence-electron chi connectivity index (χ0n) is 17.4. The lowest BCUT2D eigenvalue weighted by atomic mass is 10.00. The van der Waals surface area contributed by atoms with Gasteiger partial charge >= 0.3 is 0 Å². The molecule has 2 heterocycles. The van der Waals surface area contributed by atoms with Gasteiger partial charge in [-0.15, -0.1) is 10.2 Å². The Labute approximate surface area is 191 Å². The third-order valence-corrected chi connectivity index (χ3v) is 6.28. The number of likely N-dealkylation sites (tertiary alicyclic amines) is 1. The summed E-state index contributed by atoms with van der Waals surface area (Å²) in [5.41, 5.74) is 2.84. The number of carbonyl (C=O) groups is 1. The lowest BCUT2D eigenvalue weighted by molar-refractivity contribution is -0.113. The molecule has 1 amide bonds. The number of nitrogens with zero attached hydrogens (tertiary/aromatic N) is 3. The average molecular weight is 457 g/mol. The Bertz CT molecular complexity index is 1010. The van der Waals surface area contributed by atoms with E-state index in [1.165, 1.54) is 30.2 Å². The fourth-order valence-electron chi connectivity index (χ4n) is 3.68. The van der Waals surface area contributed by atoms with Crippen molar-refractivity contribution < 1.29 is 9.21 Å². The van der Waals surface area contributed by atoms with Crippen molar-refractivity contribution in [2.75, 3.05) is 24.2 Å². The van der Waals surface area contributed by atoms with Gasteiger partial charge in [-0.25, -0.2) is 0 Å². The van der Waals surface area contributed by atoms with Gasteiger partial charge < -0.3 is 9.73 Å². The van der Waals surface area contributed by atoms with E-state index in [1.54, 1.807) is 12.1 Å². The maximum absolute atomic E-state index is 12.3. The van der Waals surface area contributed by atoms with E-state index in [0.717, 1.165) is 36.8 Å². The van der Waals surface area contributed by atoms with E-state index in [-0.39, 0.29) is 11.7 Å². The first kappa shape index (κ1) is 21.9. The summed E-state index contributed by atoms with van der Waals surface area (Å²) in [5, 5.41) is 11.9. The summed E-state index contributed by atoms with van der Waals surface area (Å²) >= 11 is 7.10. The van der Waals surface area contributed by atoms with E-state index in [1.807, 2.05) is 24.3 Å². The quantitative estimate of drug-likeness (QED) is 0.483. The van der Waals surface area contributed by atoms with Gasteiger partial charge in [-0.05, 0) is 67.3 Å². The molecule has 1 fully saturated rings. The van der Waals surface area contributed by atoms with E-state index in [2.05, 4.69) is 39.5 Å². The van der Waals surface area contributed by atoms with Gasteiger partial charge in [0.25, 0.3) is 5.22 Å². The van der Waals surface area contributed by atoms with E-state index in [4.69, 9.17) is 16.0 Å². The van der Waals surface area contributed by atoms with Gasteiger partial charge in [0, 0.05) is 29.4 Å². The maximum atomic E-state index is 12.3. The summed E-state index contributed by atoms with van der Waals surface area (Å²) < 4.78 is 5.62. The summed E-state index contributed by atoms with van der Waals surface area (Å²) in [5.74, 6) is 1.24. The van der Waals surface area contributed by atoms with Crippen molar-refractivity contribution in [1.82, 2.24) is 15.1 Å². The molecule has 6 nitrogen and oxygen atoms in total. The fourth-order valence-corrected chi connectivity index (χ4v) is 4.37. The molecule has 31 heavy (non-hydrogen) atoms. The standard InChI is InChI=1S/C23H25ClN4O2S/c1-16-3-2-12-28(13-16)14-17-4-10-20(11-5-17)25-21(29)15-31-23-27-26-22(30-23)18-6-8-19(24)9-7-18/h4-11,16H,2-3,12-15H2,1H3,(H,25,29). The smallest absolute Gasteiger partial charge is 0.277 e. The molecular formula is C23H25ClN4O2S. The van der Waals surface area contributed by atoms with Crippen molar-refractivity contribution in [3.05, 3.63) is 59.1 Å². The largest absolute Gasteiger partial charge is 0.411 e. The molecule has 1 aliphatic heterocycles. The second-order valence-electron chi connectivity index (χ2n) is 7.90. The van der Waals surface area contributed by atoms with Gasteiger partial charge in [0.2, 0.25) is 11.8 Å². The number of benzene rings is 2. The predicted molar refractivity (Wildman–Crippen MR) is 124 cm³/mol. The Hall–Kier alpha value is -2.35. The van der Waals surface area contributed by atoms with Crippen LogP contribution in [0.4, 0.5) is 5.69 Å². The summed E-state index contributed by atoms with van der Waals surface area (Å²) in [6.07, 6.45) is 2.60. The van der Waals surface area contributed by atoms with Crippen LogP contribution in [-0.2, 0) is 11.3 Å². The molecule has 1 unspecified atom stereocenters. The van der Waals surface area contributed by atoms with Crippen molar-refractivity contribution in [2.45, 2.75) is 31.5 Å². The number of hydrogen-bond donors (Lipinski definition) is 1. The molecule has 3 aromatic rings. The second-order valence-corrected chi connectivity index (χ2v) is 9.26. The first-order valence-electron chi connectivity index (χ1n) is 10.4. The van der Waals surface area contributed by atoms with Crippen molar-refractivity contribution in [3.8, 4) is 11.5 Å². The molecule has 1 aromatic heterocycles.